The monoisotopic (exact) mass is 363 g/mol. The Balaban J connectivity index is 0.00000243. The molecule has 0 amide bonds. The van der Waals surface area contributed by atoms with Gasteiger partial charge in [0.15, 0.2) is 10.9 Å². The van der Waals surface area contributed by atoms with Crippen LogP contribution in [0.25, 0.3) is 21.9 Å². The summed E-state index contributed by atoms with van der Waals surface area (Å²) in [6.45, 7) is 5.79. The van der Waals surface area contributed by atoms with Crippen molar-refractivity contribution in [1.82, 2.24) is 4.57 Å². The summed E-state index contributed by atoms with van der Waals surface area (Å²) in [4.78, 5) is 36.4. The first-order chi connectivity index (χ1) is 11.9. The number of carbonyl (C=O) groups excluding carboxylic acids is 1. The Morgan fingerprint density at radius 2 is 1.77 bits per heavy atom. The fraction of sp³-hybridized carbons (Fsp3) is 0.316. The Morgan fingerprint density at radius 3 is 2.35 bits per heavy atom. The SMILES string of the molecule is CCCc1c2oc(C)cc(=O)c2cc2c(=O)cc(C(=O)[O-])n(CC)c12.[Na+]. The zero-order chi connectivity index (χ0) is 18.3. The molecule has 0 aliphatic heterocycles. The van der Waals surface area contributed by atoms with E-state index in [1.807, 2.05) is 6.92 Å². The molecule has 0 radical (unpaired) electrons. The molecule has 0 aliphatic carbocycles. The van der Waals surface area contributed by atoms with Gasteiger partial charge in [-0.1, -0.05) is 13.3 Å². The molecule has 0 bridgehead atoms. The molecular formula is C19H18NNaO5. The Hall–Kier alpha value is -1.89. The molecular weight excluding hydrogens is 345 g/mol. The first kappa shape index (κ1) is 20.4. The molecule has 3 rings (SSSR count). The predicted molar refractivity (Wildman–Crippen MR) is 93.0 cm³/mol. The van der Waals surface area contributed by atoms with Gasteiger partial charge in [0, 0.05) is 29.6 Å². The van der Waals surface area contributed by atoms with Gasteiger partial charge >= 0.3 is 29.6 Å². The predicted octanol–water partition coefficient (Wildman–Crippen LogP) is -1.24. The van der Waals surface area contributed by atoms with E-state index < -0.39 is 11.4 Å². The first-order valence-corrected chi connectivity index (χ1v) is 8.24. The van der Waals surface area contributed by atoms with Crippen molar-refractivity contribution in [3.8, 4) is 0 Å². The van der Waals surface area contributed by atoms with Crippen LogP contribution in [-0.4, -0.2) is 10.5 Å². The number of pyridine rings is 1. The number of aromatic carboxylic acids is 1. The third-order valence-corrected chi connectivity index (χ3v) is 4.33. The van der Waals surface area contributed by atoms with Gasteiger partial charge in [0.2, 0.25) is 0 Å². The molecule has 130 valence electrons. The summed E-state index contributed by atoms with van der Waals surface area (Å²) in [5.41, 5.74) is 0.751. The van der Waals surface area contributed by atoms with Gasteiger partial charge in [0.05, 0.1) is 22.6 Å². The minimum atomic E-state index is -1.41. The Morgan fingerprint density at radius 1 is 1.12 bits per heavy atom. The zero-order valence-electron chi connectivity index (χ0n) is 15.3. The average molecular weight is 363 g/mol. The summed E-state index contributed by atoms with van der Waals surface area (Å²) in [5, 5.41) is 12.1. The van der Waals surface area contributed by atoms with Crippen LogP contribution in [0.15, 0.2) is 32.2 Å². The molecule has 2 aromatic heterocycles. The van der Waals surface area contributed by atoms with Crippen molar-refractivity contribution in [2.75, 3.05) is 0 Å². The number of aryl methyl sites for hydroxylation is 3. The molecule has 7 heteroatoms. The fourth-order valence-electron chi connectivity index (χ4n) is 3.34. The third-order valence-electron chi connectivity index (χ3n) is 4.33. The molecule has 2 heterocycles. The summed E-state index contributed by atoms with van der Waals surface area (Å²) in [5.74, 6) is -0.940. The molecule has 0 atom stereocenters. The van der Waals surface area contributed by atoms with Crippen molar-refractivity contribution in [1.29, 1.82) is 0 Å². The van der Waals surface area contributed by atoms with Crippen LogP contribution >= 0.6 is 0 Å². The van der Waals surface area contributed by atoms with Gasteiger partial charge in [-0.3, -0.25) is 9.59 Å². The van der Waals surface area contributed by atoms with Gasteiger partial charge in [0.1, 0.15) is 11.3 Å². The summed E-state index contributed by atoms with van der Waals surface area (Å²) in [7, 11) is 0. The zero-order valence-corrected chi connectivity index (χ0v) is 17.3. The van der Waals surface area contributed by atoms with Gasteiger partial charge in [0.25, 0.3) is 0 Å². The maximum atomic E-state index is 12.5. The number of fused-ring (bicyclic) bond motifs is 2. The van der Waals surface area contributed by atoms with Crippen molar-refractivity contribution in [3.05, 3.63) is 55.7 Å². The van der Waals surface area contributed by atoms with Crippen LogP contribution < -0.4 is 45.5 Å². The van der Waals surface area contributed by atoms with Crippen LogP contribution in [0.2, 0.25) is 0 Å². The number of carbonyl (C=O) groups is 1. The number of carboxylic acids is 1. The average Bonchev–Trinajstić information content (AvgIpc) is 2.55. The maximum absolute atomic E-state index is 12.5. The van der Waals surface area contributed by atoms with Gasteiger partial charge < -0.3 is 18.9 Å². The number of nitrogens with zero attached hydrogens (tertiary/aromatic N) is 1. The molecule has 0 spiro atoms. The Bertz CT molecular complexity index is 1130. The van der Waals surface area contributed by atoms with Crippen molar-refractivity contribution in [2.24, 2.45) is 0 Å². The number of rotatable bonds is 4. The minimum absolute atomic E-state index is 0. The molecule has 0 unspecified atom stereocenters. The van der Waals surface area contributed by atoms with Gasteiger partial charge in [-0.2, -0.15) is 0 Å². The number of hydrogen-bond acceptors (Lipinski definition) is 5. The van der Waals surface area contributed by atoms with Crippen LogP contribution in [-0.2, 0) is 13.0 Å². The molecule has 0 saturated carbocycles. The number of aromatic nitrogens is 1. The van der Waals surface area contributed by atoms with Gasteiger partial charge in [-0.15, -0.1) is 0 Å². The topological polar surface area (TPSA) is 92.3 Å². The number of benzene rings is 1. The van der Waals surface area contributed by atoms with Crippen molar-refractivity contribution in [3.63, 3.8) is 0 Å². The Labute approximate surface area is 171 Å². The molecule has 0 saturated heterocycles. The van der Waals surface area contributed by atoms with E-state index >= 15 is 0 Å². The maximum Gasteiger partial charge on any atom is 1.00 e. The van der Waals surface area contributed by atoms with Crippen LogP contribution in [0.3, 0.4) is 0 Å². The van der Waals surface area contributed by atoms with E-state index in [2.05, 4.69) is 0 Å². The quantitative estimate of drug-likeness (QED) is 0.427. The summed E-state index contributed by atoms with van der Waals surface area (Å²) in [6, 6.07) is 3.94. The van der Waals surface area contributed by atoms with Crippen LogP contribution in [0.1, 0.15) is 42.1 Å². The van der Waals surface area contributed by atoms with E-state index in [-0.39, 0.29) is 40.7 Å². The van der Waals surface area contributed by atoms with Gasteiger partial charge in [-0.25, -0.2) is 0 Å². The molecule has 26 heavy (non-hydrogen) atoms. The van der Waals surface area contributed by atoms with E-state index in [1.54, 1.807) is 18.4 Å². The van der Waals surface area contributed by atoms with Crippen molar-refractivity contribution < 1.29 is 43.9 Å². The minimum Gasteiger partial charge on any atom is -0.543 e. The summed E-state index contributed by atoms with van der Waals surface area (Å²) >= 11 is 0. The molecule has 0 aliphatic rings. The molecule has 0 fully saturated rings. The summed E-state index contributed by atoms with van der Waals surface area (Å²) in [6.07, 6.45) is 1.30. The second-order valence-corrected chi connectivity index (χ2v) is 6.02. The van der Waals surface area contributed by atoms with E-state index in [4.69, 9.17) is 4.42 Å². The van der Waals surface area contributed by atoms with Crippen LogP contribution in [0.4, 0.5) is 0 Å². The van der Waals surface area contributed by atoms with Gasteiger partial charge in [-0.05, 0) is 26.3 Å². The molecule has 0 N–H and O–H groups in total. The molecule has 6 nitrogen and oxygen atoms in total. The normalized spacial score (nSPS) is 10.9. The van der Waals surface area contributed by atoms with E-state index in [1.165, 1.54) is 12.1 Å². The molecule has 3 aromatic rings. The van der Waals surface area contributed by atoms with E-state index in [9.17, 15) is 19.5 Å². The second kappa shape index (κ2) is 7.78. The Kier molecular flexibility index (Phi) is 6.11. The second-order valence-electron chi connectivity index (χ2n) is 6.02. The van der Waals surface area contributed by atoms with Crippen LogP contribution in [0, 0.1) is 6.92 Å². The standard InChI is InChI=1S/C19H19NO5.Na/c1-4-6-11-17-12(8-13-15(21)7-10(3)25-18(11)13)16(22)9-14(19(23)24)20(17)5-2;/h7-9H,4-6H2,1-3H3,(H,23,24);/q;+1/p-1. The fourth-order valence-corrected chi connectivity index (χ4v) is 3.34. The van der Waals surface area contributed by atoms with Crippen molar-refractivity contribution >= 4 is 27.8 Å². The van der Waals surface area contributed by atoms with Crippen LogP contribution in [0.5, 0.6) is 0 Å². The summed E-state index contributed by atoms with van der Waals surface area (Å²) < 4.78 is 7.34. The third kappa shape index (κ3) is 3.24. The largest absolute Gasteiger partial charge is 1.00 e. The first-order valence-electron chi connectivity index (χ1n) is 8.24. The van der Waals surface area contributed by atoms with E-state index in [0.717, 1.165) is 12.5 Å². The number of hydrogen-bond donors (Lipinski definition) is 0. The molecule has 1 aromatic carbocycles. The smallest absolute Gasteiger partial charge is 0.543 e. The van der Waals surface area contributed by atoms with E-state index in [0.29, 0.717) is 46.2 Å². The van der Waals surface area contributed by atoms with Crippen molar-refractivity contribution in [2.45, 2.75) is 40.2 Å². The number of carboxylic acid groups (broad SMARTS) is 1.